The number of aryl methyl sites for hydroxylation is 1. The maximum atomic E-state index is 11.3. The second kappa shape index (κ2) is 6.91. The highest BCUT2D eigenvalue weighted by Crippen LogP contribution is 2.12. The Bertz CT molecular complexity index is 347. The minimum atomic E-state index is -0.0415. The van der Waals surface area contributed by atoms with E-state index >= 15 is 0 Å². The molecule has 4 heteroatoms. The van der Waals surface area contributed by atoms with E-state index in [-0.39, 0.29) is 5.91 Å². The summed E-state index contributed by atoms with van der Waals surface area (Å²) in [6, 6.07) is 7.94. The van der Waals surface area contributed by atoms with Crippen molar-refractivity contribution in [3.8, 4) is 5.75 Å². The topological polar surface area (TPSA) is 41.6 Å². The first-order valence-electron chi connectivity index (χ1n) is 5.80. The van der Waals surface area contributed by atoms with Crippen molar-refractivity contribution in [2.24, 2.45) is 0 Å². The average Bonchev–Trinajstić information content (AvgIpc) is 2.29. The number of hydrogen-bond donors (Lipinski definition) is 1. The predicted molar refractivity (Wildman–Crippen MR) is 67.8 cm³/mol. The zero-order valence-corrected chi connectivity index (χ0v) is 10.7. The Morgan fingerprint density at radius 3 is 2.47 bits per heavy atom. The van der Waals surface area contributed by atoms with Crippen molar-refractivity contribution in [3.05, 3.63) is 29.8 Å². The standard InChI is InChI=1S/C13H20N2O2/c1-4-11-5-7-12(8-6-11)17-10-9-13(16)14-15(2)3/h5-8H,4,9-10H2,1-3H3,(H,14,16). The first kappa shape index (κ1) is 13.5. The van der Waals surface area contributed by atoms with Gasteiger partial charge in [0.15, 0.2) is 0 Å². The number of amides is 1. The molecule has 0 aromatic heterocycles. The molecular weight excluding hydrogens is 216 g/mol. The van der Waals surface area contributed by atoms with Crippen molar-refractivity contribution < 1.29 is 9.53 Å². The van der Waals surface area contributed by atoms with E-state index in [9.17, 15) is 4.79 Å². The molecule has 0 saturated heterocycles. The van der Waals surface area contributed by atoms with Gasteiger partial charge in [-0.1, -0.05) is 19.1 Å². The molecule has 0 radical (unpaired) electrons. The number of carbonyl (C=O) groups excluding carboxylic acids is 1. The number of hydrogen-bond acceptors (Lipinski definition) is 3. The molecule has 17 heavy (non-hydrogen) atoms. The third kappa shape index (κ3) is 5.36. The molecule has 0 bridgehead atoms. The normalized spacial score (nSPS) is 10.4. The van der Waals surface area contributed by atoms with E-state index < -0.39 is 0 Å². The molecule has 1 amide bonds. The maximum Gasteiger partial charge on any atom is 0.237 e. The Morgan fingerprint density at radius 2 is 1.94 bits per heavy atom. The highest BCUT2D eigenvalue weighted by Gasteiger charge is 2.02. The van der Waals surface area contributed by atoms with Gasteiger partial charge in [0.1, 0.15) is 5.75 Å². The molecule has 0 aliphatic carbocycles. The summed E-state index contributed by atoms with van der Waals surface area (Å²) in [4.78, 5) is 11.3. The third-order valence-electron chi connectivity index (χ3n) is 2.28. The lowest BCUT2D eigenvalue weighted by atomic mass is 10.2. The molecule has 0 aliphatic rings. The van der Waals surface area contributed by atoms with Crippen LogP contribution in [-0.2, 0) is 11.2 Å². The van der Waals surface area contributed by atoms with Crippen molar-refractivity contribution in [3.63, 3.8) is 0 Å². The summed E-state index contributed by atoms with van der Waals surface area (Å²) < 4.78 is 5.48. The fraction of sp³-hybridized carbons (Fsp3) is 0.462. The van der Waals surface area contributed by atoms with Crippen LogP contribution in [0.2, 0.25) is 0 Å². The Labute approximate surface area is 103 Å². The van der Waals surface area contributed by atoms with Crippen LogP contribution in [0.3, 0.4) is 0 Å². The number of nitrogens with one attached hydrogen (secondary N) is 1. The van der Waals surface area contributed by atoms with Crippen LogP contribution in [-0.4, -0.2) is 31.6 Å². The zero-order chi connectivity index (χ0) is 12.7. The Balaban J connectivity index is 2.28. The van der Waals surface area contributed by atoms with E-state index in [2.05, 4.69) is 12.3 Å². The van der Waals surface area contributed by atoms with Gasteiger partial charge in [-0.15, -0.1) is 0 Å². The van der Waals surface area contributed by atoms with E-state index in [4.69, 9.17) is 4.74 Å². The Morgan fingerprint density at radius 1 is 1.29 bits per heavy atom. The maximum absolute atomic E-state index is 11.3. The van der Waals surface area contributed by atoms with E-state index in [1.165, 1.54) is 5.56 Å². The molecule has 94 valence electrons. The summed E-state index contributed by atoms with van der Waals surface area (Å²) >= 11 is 0. The van der Waals surface area contributed by atoms with Gasteiger partial charge in [0, 0.05) is 14.1 Å². The number of hydrazine groups is 1. The van der Waals surface area contributed by atoms with Gasteiger partial charge < -0.3 is 4.74 Å². The number of carbonyl (C=O) groups is 1. The third-order valence-corrected chi connectivity index (χ3v) is 2.28. The van der Waals surface area contributed by atoms with Gasteiger partial charge in [-0.25, -0.2) is 5.01 Å². The lowest BCUT2D eigenvalue weighted by Gasteiger charge is -2.12. The van der Waals surface area contributed by atoms with E-state index in [1.54, 1.807) is 19.1 Å². The second-order valence-electron chi connectivity index (χ2n) is 4.03. The summed E-state index contributed by atoms with van der Waals surface area (Å²) in [5.74, 6) is 0.764. The molecule has 1 rings (SSSR count). The number of nitrogens with zero attached hydrogens (tertiary/aromatic N) is 1. The Hall–Kier alpha value is -1.55. The van der Waals surface area contributed by atoms with Crippen LogP contribution in [0.25, 0.3) is 0 Å². The van der Waals surface area contributed by atoms with Crippen LogP contribution in [0, 0.1) is 0 Å². The first-order valence-corrected chi connectivity index (χ1v) is 5.80. The van der Waals surface area contributed by atoms with Gasteiger partial charge >= 0.3 is 0 Å². The van der Waals surface area contributed by atoms with Crippen LogP contribution in [0.1, 0.15) is 18.9 Å². The smallest absolute Gasteiger partial charge is 0.237 e. The lowest BCUT2D eigenvalue weighted by molar-refractivity contribution is -0.125. The van der Waals surface area contributed by atoms with Gasteiger partial charge in [-0.2, -0.15) is 0 Å². The van der Waals surface area contributed by atoms with Gasteiger partial charge in [-0.3, -0.25) is 10.2 Å². The zero-order valence-electron chi connectivity index (χ0n) is 10.7. The summed E-state index contributed by atoms with van der Waals surface area (Å²) in [6.07, 6.45) is 1.37. The molecule has 0 fully saturated rings. The summed E-state index contributed by atoms with van der Waals surface area (Å²) in [5, 5.41) is 1.62. The molecule has 1 aromatic carbocycles. The summed E-state index contributed by atoms with van der Waals surface area (Å²) in [5.41, 5.74) is 3.94. The monoisotopic (exact) mass is 236 g/mol. The molecule has 0 unspecified atom stereocenters. The molecule has 1 N–H and O–H groups in total. The molecule has 0 heterocycles. The highest BCUT2D eigenvalue weighted by molar-refractivity contribution is 5.75. The fourth-order valence-corrected chi connectivity index (χ4v) is 1.39. The van der Waals surface area contributed by atoms with Crippen molar-refractivity contribution in [2.75, 3.05) is 20.7 Å². The average molecular weight is 236 g/mol. The second-order valence-corrected chi connectivity index (χ2v) is 4.03. The molecule has 0 aliphatic heterocycles. The van der Waals surface area contributed by atoms with Gasteiger partial charge in [-0.05, 0) is 24.1 Å². The van der Waals surface area contributed by atoms with Crippen LogP contribution in [0.15, 0.2) is 24.3 Å². The first-order chi connectivity index (χ1) is 8.11. The molecular formula is C13H20N2O2. The van der Waals surface area contributed by atoms with Gasteiger partial charge in [0.2, 0.25) is 5.91 Å². The van der Waals surface area contributed by atoms with Gasteiger partial charge in [0.05, 0.1) is 13.0 Å². The molecule has 0 spiro atoms. The molecule has 0 atom stereocenters. The van der Waals surface area contributed by atoms with E-state index in [1.807, 2.05) is 24.3 Å². The Kier molecular flexibility index (Phi) is 5.49. The lowest BCUT2D eigenvalue weighted by Crippen LogP contribution is -2.36. The van der Waals surface area contributed by atoms with Crippen LogP contribution in [0.4, 0.5) is 0 Å². The quantitative estimate of drug-likeness (QED) is 0.763. The summed E-state index contributed by atoms with van der Waals surface area (Å²) in [6.45, 7) is 2.51. The van der Waals surface area contributed by atoms with Crippen molar-refractivity contribution in [1.29, 1.82) is 0 Å². The van der Waals surface area contributed by atoms with E-state index in [0.29, 0.717) is 13.0 Å². The van der Waals surface area contributed by atoms with Crippen LogP contribution in [0.5, 0.6) is 5.75 Å². The number of rotatable bonds is 6. The largest absolute Gasteiger partial charge is 0.493 e. The van der Waals surface area contributed by atoms with Crippen molar-refractivity contribution >= 4 is 5.91 Å². The van der Waals surface area contributed by atoms with Crippen molar-refractivity contribution in [2.45, 2.75) is 19.8 Å². The minimum absolute atomic E-state index is 0.0415. The minimum Gasteiger partial charge on any atom is -0.493 e. The predicted octanol–water partition coefficient (Wildman–Crippen LogP) is 1.61. The molecule has 0 saturated carbocycles. The SMILES string of the molecule is CCc1ccc(OCCC(=O)NN(C)C)cc1. The van der Waals surface area contributed by atoms with E-state index in [0.717, 1.165) is 12.2 Å². The highest BCUT2D eigenvalue weighted by atomic mass is 16.5. The van der Waals surface area contributed by atoms with Crippen LogP contribution < -0.4 is 10.2 Å². The number of benzene rings is 1. The number of ether oxygens (including phenoxy) is 1. The van der Waals surface area contributed by atoms with Gasteiger partial charge in [0.25, 0.3) is 0 Å². The molecule has 1 aromatic rings. The van der Waals surface area contributed by atoms with Crippen LogP contribution >= 0.6 is 0 Å². The molecule has 4 nitrogen and oxygen atoms in total. The van der Waals surface area contributed by atoms with Crippen molar-refractivity contribution in [1.82, 2.24) is 10.4 Å². The fourth-order valence-electron chi connectivity index (χ4n) is 1.39. The summed E-state index contributed by atoms with van der Waals surface area (Å²) in [7, 11) is 3.56.